The van der Waals surface area contributed by atoms with Crippen molar-refractivity contribution < 1.29 is 23.8 Å². The van der Waals surface area contributed by atoms with Gasteiger partial charge in [-0.1, -0.05) is 24.3 Å². The molecule has 0 N–H and O–H groups in total. The molecule has 7 heteroatoms. The lowest BCUT2D eigenvalue weighted by Crippen LogP contribution is -2.15. The summed E-state index contributed by atoms with van der Waals surface area (Å²) in [5.41, 5.74) is 2.74. The van der Waals surface area contributed by atoms with Gasteiger partial charge in [-0.2, -0.15) is 5.10 Å². The Balaban J connectivity index is 1.61. The predicted octanol–water partition coefficient (Wildman–Crippen LogP) is 4.16. The van der Waals surface area contributed by atoms with Crippen molar-refractivity contribution in [3.05, 3.63) is 77.6 Å². The first-order valence-electron chi connectivity index (χ1n) is 9.90. The van der Waals surface area contributed by atoms with Gasteiger partial charge in [0.2, 0.25) is 0 Å². The predicted molar refractivity (Wildman–Crippen MR) is 115 cm³/mol. The molecular formula is C24H22N2O5. The van der Waals surface area contributed by atoms with Crippen LogP contribution in [0, 0.1) is 0 Å². The number of methoxy groups -OCH3 is 2. The highest BCUT2D eigenvalue weighted by Crippen LogP contribution is 2.40. The lowest BCUT2D eigenvalue weighted by Gasteiger charge is -2.11. The van der Waals surface area contributed by atoms with Crippen LogP contribution < -0.4 is 9.47 Å². The van der Waals surface area contributed by atoms with Crippen LogP contribution in [0.5, 0.6) is 11.5 Å². The molecule has 31 heavy (non-hydrogen) atoms. The summed E-state index contributed by atoms with van der Waals surface area (Å²) in [6, 6.07) is 16.3. The topological polar surface area (TPSA) is 79.7 Å². The van der Waals surface area contributed by atoms with Gasteiger partial charge in [-0.15, -0.1) is 0 Å². The fraction of sp³-hybridized carbons (Fsp3) is 0.208. The molecule has 0 saturated heterocycles. The summed E-state index contributed by atoms with van der Waals surface area (Å²) in [6.45, 7) is 0. The lowest BCUT2D eigenvalue weighted by atomic mass is 10.2. The quantitative estimate of drug-likeness (QED) is 0.326. The highest BCUT2D eigenvalue weighted by Gasteiger charge is 2.29. The molecule has 0 radical (unpaired) electrons. The number of ether oxygens (including phenoxy) is 3. The minimum atomic E-state index is -0.528. The lowest BCUT2D eigenvalue weighted by molar-refractivity contribution is -0.134. The molecule has 0 spiro atoms. The van der Waals surface area contributed by atoms with Crippen molar-refractivity contribution in [2.75, 3.05) is 14.2 Å². The fourth-order valence-corrected chi connectivity index (χ4v) is 3.15. The summed E-state index contributed by atoms with van der Waals surface area (Å²) in [5, 5.41) is 4.64. The maximum Gasteiger partial charge on any atom is 0.362 e. The summed E-state index contributed by atoms with van der Waals surface area (Å²) in [4.78, 5) is 24.4. The molecule has 2 aromatic carbocycles. The smallest absolute Gasteiger partial charge is 0.362 e. The molecule has 3 aromatic rings. The number of hydrogen-bond donors (Lipinski definition) is 0. The van der Waals surface area contributed by atoms with E-state index >= 15 is 0 Å². The number of esters is 2. The molecule has 0 atom stereocenters. The minimum Gasteiger partial charge on any atom is -0.493 e. The van der Waals surface area contributed by atoms with Gasteiger partial charge >= 0.3 is 11.9 Å². The van der Waals surface area contributed by atoms with Gasteiger partial charge in [0.1, 0.15) is 0 Å². The van der Waals surface area contributed by atoms with E-state index in [0.717, 1.165) is 24.2 Å². The molecule has 4 rings (SSSR count). The van der Waals surface area contributed by atoms with Gasteiger partial charge < -0.3 is 14.2 Å². The molecule has 1 fully saturated rings. The average Bonchev–Trinajstić information content (AvgIpc) is 3.56. The second kappa shape index (κ2) is 8.87. The van der Waals surface area contributed by atoms with Crippen molar-refractivity contribution in [3.63, 3.8) is 0 Å². The molecular weight excluding hydrogens is 396 g/mol. The number of aromatic nitrogens is 2. The van der Waals surface area contributed by atoms with E-state index in [1.807, 2.05) is 30.3 Å². The first-order chi connectivity index (χ1) is 15.1. The molecule has 1 saturated carbocycles. The van der Waals surface area contributed by atoms with Gasteiger partial charge in [-0.3, -0.25) is 0 Å². The SMILES string of the molecule is COC(=O)C=Cc1ccc(OC(=O)c2cc(C3CC3)nn2-c2ccccc2)c(OC)c1. The number of hydrogen-bond acceptors (Lipinski definition) is 6. The number of benzene rings is 2. The number of nitrogens with zero attached hydrogens (tertiary/aromatic N) is 2. The standard InChI is InChI=1S/C24H22N2O5/c1-29-22-14-16(9-13-23(27)30-2)8-12-21(22)31-24(28)20-15-19(17-10-11-17)25-26(20)18-6-4-3-5-7-18/h3-9,12-15,17H,10-11H2,1-2H3. The monoisotopic (exact) mass is 418 g/mol. The number of carbonyl (C=O) groups excluding carboxylic acids is 2. The zero-order chi connectivity index (χ0) is 21.8. The zero-order valence-corrected chi connectivity index (χ0v) is 17.3. The van der Waals surface area contributed by atoms with Crippen LogP contribution in [-0.4, -0.2) is 35.9 Å². The maximum absolute atomic E-state index is 13.1. The molecule has 1 heterocycles. The molecule has 0 bridgehead atoms. The molecule has 0 amide bonds. The van der Waals surface area contributed by atoms with Crippen molar-refractivity contribution in [2.24, 2.45) is 0 Å². The Morgan fingerprint density at radius 3 is 2.48 bits per heavy atom. The minimum absolute atomic E-state index is 0.275. The van der Waals surface area contributed by atoms with Crippen LogP contribution in [0.4, 0.5) is 0 Å². The Morgan fingerprint density at radius 2 is 1.81 bits per heavy atom. The van der Waals surface area contributed by atoms with Crippen molar-refractivity contribution >= 4 is 18.0 Å². The van der Waals surface area contributed by atoms with E-state index in [0.29, 0.717) is 22.9 Å². The van der Waals surface area contributed by atoms with Crippen LogP contribution in [0.25, 0.3) is 11.8 Å². The van der Waals surface area contributed by atoms with Gasteiger partial charge in [-0.05, 0) is 54.8 Å². The van der Waals surface area contributed by atoms with Gasteiger partial charge in [0.05, 0.1) is 25.6 Å². The average molecular weight is 418 g/mol. The molecule has 1 aromatic heterocycles. The van der Waals surface area contributed by atoms with Crippen LogP contribution in [0.2, 0.25) is 0 Å². The third-order valence-electron chi connectivity index (χ3n) is 4.94. The number of para-hydroxylation sites is 1. The Hall–Kier alpha value is -3.87. The van der Waals surface area contributed by atoms with E-state index in [-0.39, 0.29) is 5.75 Å². The molecule has 158 valence electrons. The van der Waals surface area contributed by atoms with E-state index < -0.39 is 11.9 Å². The van der Waals surface area contributed by atoms with E-state index in [9.17, 15) is 9.59 Å². The zero-order valence-electron chi connectivity index (χ0n) is 17.3. The highest BCUT2D eigenvalue weighted by atomic mass is 16.6. The largest absolute Gasteiger partial charge is 0.493 e. The normalized spacial score (nSPS) is 13.2. The van der Waals surface area contributed by atoms with E-state index in [1.165, 1.54) is 20.3 Å². The molecule has 0 unspecified atom stereocenters. The van der Waals surface area contributed by atoms with Crippen LogP contribution in [0.15, 0.2) is 60.7 Å². The van der Waals surface area contributed by atoms with Crippen molar-refractivity contribution in [2.45, 2.75) is 18.8 Å². The second-order valence-electron chi connectivity index (χ2n) is 7.13. The Bertz CT molecular complexity index is 1130. The van der Waals surface area contributed by atoms with E-state index in [2.05, 4.69) is 9.84 Å². The van der Waals surface area contributed by atoms with Crippen LogP contribution in [0.1, 0.15) is 40.5 Å². The van der Waals surface area contributed by atoms with E-state index in [4.69, 9.17) is 9.47 Å². The molecule has 7 nitrogen and oxygen atoms in total. The van der Waals surface area contributed by atoms with Gasteiger partial charge in [0.25, 0.3) is 0 Å². The van der Waals surface area contributed by atoms with Gasteiger partial charge in [-0.25, -0.2) is 14.3 Å². The van der Waals surface area contributed by atoms with Crippen LogP contribution >= 0.6 is 0 Å². The van der Waals surface area contributed by atoms with Crippen molar-refractivity contribution in [1.29, 1.82) is 0 Å². The molecule has 0 aliphatic heterocycles. The van der Waals surface area contributed by atoms with Gasteiger partial charge in [0.15, 0.2) is 17.2 Å². The van der Waals surface area contributed by atoms with Crippen molar-refractivity contribution in [1.82, 2.24) is 9.78 Å². The molecule has 1 aliphatic carbocycles. The number of rotatable bonds is 7. The third kappa shape index (κ3) is 4.66. The summed E-state index contributed by atoms with van der Waals surface area (Å²) in [6.07, 6.45) is 5.05. The Morgan fingerprint density at radius 1 is 1.03 bits per heavy atom. The second-order valence-corrected chi connectivity index (χ2v) is 7.13. The molecule has 1 aliphatic rings. The highest BCUT2D eigenvalue weighted by molar-refractivity contribution is 5.91. The van der Waals surface area contributed by atoms with Gasteiger partial charge in [0, 0.05) is 12.0 Å². The Kier molecular flexibility index (Phi) is 5.84. The first-order valence-corrected chi connectivity index (χ1v) is 9.90. The fourth-order valence-electron chi connectivity index (χ4n) is 3.15. The van der Waals surface area contributed by atoms with Crippen LogP contribution in [0.3, 0.4) is 0 Å². The van der Waals surface area contributed by atoms with E-state index in [1.54, 1.807) is 35.0 Å². The summed E-state index contributed by atoms with van der Waals surface area (Å²) in [5.74, 6) is 0.0477. The number of carbonyl (C=O) groups is 2. The summed E-state index contributed by atoms with van der Waals surface area (Å²) >= 11 is 0. The van der Waals surface area contributed by atoms with Crippen LogP contribution in [-0.2, 0) is 9.53 Å². The maximum atomic E-state index is 13.1. The third-order valence-corrected chi connectivity index (χ3v) is 4.94. The summed E-state index contributed by atoms with van der Waals surface area (Å²) < 4.78 is 17.2. The van der Waals surface area contributed by atoms with Crippen molar-refractivity contribution in [3.8, 4) is 17.2 Å². The summed E-state index contributed by atoms with van der Waals surface area (Å²) in [7, 11) is 2.80. The Labute approximate surface area is 179 Å². The first kappa shape index (κ1) is 20.4.